The number of benzene rings is 2. The Morgan fingerprint density at radius 1 is 0.867 bits per heavy atom. The molecule has 0 N–H and O–H groups in total. The zero-order valence-corrected chi connectivity index (χ0v) is 17.9. The molecule has 30 heavy (non-hydrogen) atoms. The lowest BCUT2D eigenvalue weighted by Crippen LogP contribution is -2.40. The number of anilines is 2. The Morgan fingerprint density at radius 3 is 2.13 bits per heavy atom. The summed E-state index contributed by atoms with van der Waals surface area (Å²) >= 11 is 0. The molecule has 1 fully saturated rings. The molecule has 2 aromatic rings. The lowest BCUT2D eigenvalue weighted by atomic mass is 9.99. The molecule has 1 saturated heterocycles. The Bertz CT molecular complexity index is 1020. The van der Waals surface area contributed by atoms with Gasteiger partial charge in [-0.15, -0.1) is 0 Å². The van der Waals surface area contributed by atoms with Gasteiger partial charge in [-0.05, 0) is 54.8 Å². The van der Waals surface area contributed by atoms with E-state index in [4.69, 9.17) is 4.74 Å². The summed E-state index contributed by atoms with van der Waals surface area (Å²) in [6, 6.07) is 13.4. The molecule has 2 heterocycles. The fourth-order valence-corrected chi connectivity index (χ4v) is 3.89. The molecule has 4 rings (SSSR count). The van der Waals surface area contributed by atoms with E-state index in [2.05, 4.69) is 0 Å². The van der Waals surface area contributed by atoms with E-state index < -0.39 is 0 Å². The van der Waals surface area contributed by atoms with E-state index in [1.807, 2.05) is 80.2 Å². The van der Waals surface area contributed by atoms with Gasteiger partial charge in [-0.2, -0.15) is 0 Å². The molecule has 0 unspecified atom stereocenters. The van der Waals surface area contributed by atoms with Crippen LogP contribution in [0.25, 0.3) is 5.57 Å². The molecule has 2 aliphatic rings. The summed E-state index contributed by atoms with van der Waals surface area (Å²) in [6.07, 6.45) is 0. The van der Waals surface area contributed by atoms with Crippen molar-refractivity contribution in [2.24, 2.45) is 0 Å². The summed E-state index contributed by atoms with van der Waals surface area (Å²) < 4.78 is 5.47. The first kappa shape index (κ1) is 20.2. The average Bonchev–Trinajstić information content (AvgIpc) is 3.01. The molecule has 2 aromatic carbocycles. The van der Waals surface area contributed by atoms with E-state index in [0.29, 0.717) is 43.3 Å². The van der Waals surface area contributed by atoms with Crippen LogP contribution in [-0.2, 0) is 14.3 Å². The van der Waals surface area contributed by atoms with Gasteiger partial charge in [0.05, 0.1) is 24.5 Å². The summed E-state index contributed by atoms with van der Waals surface area (Å²) in [7, 11) is 3.91. The highest BCUT2D eigenvalue weighted by Crippen LogP contribution is 2.36. The van der Waals surface area contributed by atoms with Crippen molar-refractivity contribution in [1.29, 1.82) is 0 Å². The number of hydrogen-bond acceptors (Lipinski definition) is 5. The number of ether oxygens (including phenoxy) is 1. The van der Waals surface area contributed by atoms with Crippen LogP contribution in [0.4, 0.5) is 11.4 Å². The molecule has 6 nitrogen and oxygen atoms in total. The largest absolute Gasteiger partial charge is 0.378 e. The first-order chi connectivity index (χ1) is 14.4. The van der Waals surface area contributed by atoms with Crippen molar-refractivity contribution in [3.63, 3.8) is 0 Å². The van der Waals surface area contributed by atoms with Gasteiger partial charge in [-0.3, -0.25) is 9.59 Å². The van der Waals surface area contributed by atoms with Gasteiger partial charge in [0.2, 0.25) is 0 Å². The number of aryl methyl sites for hydroxylation is 2. The third kappa shape index (κ3) is 3.48. The topological polar surface area (TPSA) is 53.1 Å². The number of nitrogens with zero attached hydrogens (tertiary/aromatic N) is 3. The molecule has 0 atom stereocenters. The Morgan fingerprint density at radius 2 is 1.53 bits per heavy atom. The second-order valence-electron chi connectivity index (χ2n) is 7.98. The predicted molar refractivity (Wildman–Crippen MR) is 118 cm³/mol. The van der Waals surface area contributed by atoms with Crippen molar-refractivity contribution < 1.29 is 14.3 Å². The Balaban J connectivity index is 1.80. The first-order valence-electron chi connectivity index (χ1n) is 10.2. The number of imide groups is 1. The Kier molecular flexibility index (Phi) is 5.35. The van der Waals surface area contributed by atoms with E-state index in [9.17, 15) is 9.59 Å². The fraction of sp³-hybridized carbons (Fsp3) is 0.333. The monoisotopic (exact) mass is 405 g/mol. The molecule has 0 aliphatic carbocycles. The molecular formula is C24H27N3O3. The Hall–Kier alpha value is -3.12. The number of morpholine rings is 1. The minimum Gasteiger partial charge on any atom is -0.378 e. The Labute approximate surface area is 177 Å². The van der Waals surface area contributed by atoms with Gasteiger partial charge >= 0.3 is 0 Å². The van der Waals surface area contributed by atoms with Gasteiger partial charge in [0.25, 0.3) is 11.8 Å². The van der Waals surface area contributed by atoms with Crippen LogP contribution in [0.2, 0.25) is 0 Å². The van der Waals surface area contributed by atoms with Crippen LogP contribution >= 0.6 is 0 Å². The maximum atomic E-state index is 13.6. The second kappa shape index (κ2) is 7.95. The van der Waals surface area contributed by atoms with Gasteiger partial charge in [0, 0.05) is 32.9 Å². The maximum Gasteiger partial charge on any atom is 0.282 e. The molecule has 0 saturated carbocycles. The first-order valence-corrected chi connectivity index (χ1v) is 10.2. The minimum absolute atomic E-state index is 0.271. The quantitative estimate of drug-likeness (QED) is 0.732. The molecule has 156 valence electrons. The van der Waals surface area contributed by atoms with Crippen LogP contribution in [-0.4, -0.2) is 57.1 Å². The summed E-state index contributed by atoms with van der Waals surface area (Å²) in [5.74, 6) is -0.546. The van der Waals surface area contributed by atoms with Crippen LogP contribution in [0.5, 0.6) is 0 Å². The second-order valence-corrected chi connectivity index (χ2v) is 7.98. The highest BCUT2D eigenvalue weighted by atomic mass is 16.5. The highest BCUT2D eigenvalue weighted by Gasteiger charge is 2.42. The van der Waals surface area contributed by atoms with Crippen LogP contribution in [0, 0.1) is 13.8 Å². The molecule has 0 aromatic heterocycles. The number of carbonyl (C=O) groups is 2. The standard InChI is InChI=1S/C24H27N3O3/c1-16-5-6-18(15-17(16)2)21-22(26-11-13-30-14-12-26)24(29)27(23(21)28)20-9-7-19(8-10-20)25(3)4/h5-10,15H,11-14H2,1-4H3. The molecule has 2 aliphatic heterocycles. The zero-order valence-electron chi connectivity index (χ0n) is 17.9. The fourth-order valence-electron chi connectivity index (χ4n) is 3.89. The number of hydrogen-bond donors (Lipinski definition) is 0. The lowest BCUT2D eigenvalue weighted by Gasteiger charge is -2.29. The maximum absolute atomic E-state index is 13.6. The number of amides is 2. The van der Waals surface area contributed by atoms with Crippen molar-refractivity contribution in [2.75, 3.05) is 50.2 Å². The third-order valence-electron chi connectivity index (χ3n) is 5.81. The normalized spacial score (nSPS) is 17.2. The average molecular weight is 405 g/mol. The van der Waals surface area contributed by atoms with Gasteiger partial charge in [0.15, 0.2) is 0 Å². The lowest BCUT2D eigenvalue weighted by molar-refractivity contribution is -0.121. The van der Waals surface area contributed by atoms with Gasteiger partial charge < -0.3 is 14.5 Å². The highest BCUT2D eigenvalue weighted by molar-refractivity contribution is 6.45. The van der Waals surface area contributed by atoms with Gasteiger partial charge in [0.1, 0.15) is 5.70 Å². The SMILES string of the molecule is Cc1ccc(C2=C(N3CCOCC3)C(=O)N(c3ccc(N(C)C)cc3)C2=O)cc1C. The summed E-state index contributed by atoms with van der Waals surface area (Å²) in [5, 5.41) is 0. The molecular weight excluding hydrogens is 378 g/mol. The van der Waals surface area contributed by atoms with Crippen molar-refractivity contribution in [3.8, 4) is 0 Å². The van der Waals surface area contributed by atoms with Crippen LogP contribution < -0.4 is 9.80 Å². The van der Waals surface area contributed by atoms with Crippen molar-refractivity contribution >= 4 is 28.8 Å². The minimum atomic E-state index is -0.276. The predicted octanol–water partition coefficient (Wildman–Crippen LogP) is 2.99. The van der Waals surface area contributed by atoms with Crippen molar-refractivity contribution in [2.45, 2.75) is 13.8 Å². The number of rotatable bonds is 4. The smallest absolute Gasteiger partial charge is 0.282 e. The van der Waals surface area contributed by atoms with Crippen molar-refractivity contribution in [1.82, 2.24) is 4.90 Å². The summed E-state index contributed by atoms with van der Waals surface area (Å²) in [5.41, 5.74) is 5.57. The molecule has 0 spiro atoms. The molecule has 6 heteroatoms. The van der Waals surface area contributed by atoms with Crippen LogP contribution in [0.15, 0.2) is 48.2 Å². The molecule has 0 radical (unpaired) electrons. The number of carbonyl (C=O) groups excluding carboxylic acids is 2. The van der Waals surface area contributed by atoms with E-state index in [1.165, 1.54) is 4.90 Å². The van der Waals surface area contributed by atoms with Gasteiger partial charge in [-0.1, -0.05) is 18.2 Å². The molecule has 0 bridgehead atoms. The zero-order chi connectivity index (χ0) is 21.4. The summed E-state index contributed by atoms with van der Waals surface area (Å²) in [4.78, 5) is 32.4. The van der Waals surface area contributed by atoms with E-state index in [-0.39, 0.29) is 11.8 Å². The van der Waals surface area contributed by atoms with Crippen LogP contribution in [0.3, 0.4) is 0 Å². The van der Waals surface area contributed by atoms with E-state index >= 15 is 0 Å². The third-order valence-corrected chi connectivity index (χ3v) is 5.81. The van der Waals surface area contributed by atoms with Crippen LogP contribution in [0.1, 0.15) is 16.7 Å². The van der Waals surface area contributed by atoms with Gasteiger partial charge in [-0.25, -0.2) is 4.90 Å². The van der Waals surface area contributed by atoms with Crippen molar-refractivity contribution in [3.05, 3.63) is 64.9 Å². The summed E-state index contributed by atoms with van der Waals surface area (Å²) in [6.45, 7) is 6.33. The van der Waals surface area contributed by atoms with E-state index in [1.54, 1.807) is 0 Å². The molecule has 2 amide bonds. The van der Waals surface area contributed by atoms with E-state index in [0.717, 1.165) is 22.4 Å².